The molecule has 0 spiro atoms. The molecule has 0 atom stereocenters. The molecule has 3 heteroatoms. The number of ether oxygens (including phenoxy) is 2. The van der Waals surface area contributed by atoms with Crippen molar-refractivity contribution in [1.29, 1.82) is 0 Å². The van der Waals surface area contributed by atoms with Gasteiger partial charge in [0.2, 0.25) is 0 Å². The molecule has 0 fully saturated rings. The summed E-state index contributed by atoms with van der Waals surface area (Å²) < 4.78 is 11.3. The van der Waals surface area contributed by atoms with Crippen molar-refractivity contribution in [3.63, 3.8) is 0 Å². The zero-order chi connectivity index (χ0) is 13.8. The number of hydrogen-bond donors (Lipinski definition) is 1. The van der Waals surface area contributed by atoms with Gasteiger partial charge in [0.05, 0.1) is 0 Å². The Labute approximate surface area is 119 Å². The minimum absolute atomic E-state index is 0.514. The largest absolute Gasteiger partial charge is 0.490 e. The summed E-state index contributed by atoms with van der Waals surface area (Å²) in [6.45, 7) is 1.05. The zero-order valence-electron chi connectivity index (χ0n) is 11.5. The molecular weight excluding hydrogens is 250 g/mol. The van der Waals surface area contributed by atoms with Gasteiger partial charge in [-0.15, -0.1) is 0 Å². The molecule has 0 bridgehead atoms. The van der Waals surface area contributed by atoms with Gasteiger partial charge >= 0.3 is 0 Å². The number of nitrogens with two attached hydrogens (primary N) is 1. The van der Waals surface area contributed by atoms with Gasteiger partial charge in [-0.05, 0) is 54.7 Å². The number of aryl methyl sites for hydroxylation is 2. The highest BCUT2D eigenvalue weighted by atomic mass is 16.5. The number of anilines is 1. The van der Waals surface area contributed by atoms with E-state index in [0.29, 0.717) is 18.9 Å². The van der Waals surface area contributed by atoms with Crippen LogP contribution in [-0.2, 0) is 12.8 Å². The number of fused-ring (bicyclic) bond motifs is 1. The van der Waals surface area contributed by atoms with Crippen molar-refractivity contribution in [3.05, 3.63) is 53.6 Å². The van der Waals surface area contributed by atoms with Crippen LogP contribution in [0.4, 0.5) is 5.69 Å². The summed E-state index contributed by atoms with van der Waals surface area (Å²) in [4.78, 5) is 0. The molecule has 2 N–H and O–H groups in total. The minimum Gasteiger partial charge on any atom is -0.490 e. The van der Waals surface area contributed by atoms with Gasteiger partial charge in [0, 0.05) is 11.8 Å². The van der Waals surface area contributed by atoms with Crippen LogP contribution in [0.2, 0.25) is 0 Å². The molecule has 0 amide bonds. The molecule has 1 aliphatic carbocycles. The first-order chi connectivity index (χ1) is 9.81. The fourth-order valence-electron chi connectivity index (χ4n) is 2.56. The summed E-state index contributed by atoms with van der Waals surface area (Å²) >= 11 is 0. The first kappa shape index (κ1) is 12.9. The lowest BCUT2D eigenvalue weighted by atomic mass is 10.1. The van der Waals surface area contributed by atoms with Crippen LogP contribution in [0.5, 0.6) is 11.5 Å². The first-order valence-corrected chi connectivity index (χ1v) is 7.04. The average molecular weight is 269 g/mol. The second-order valence-electron chi connectivity index (χ2n) is 5.05. The summed E-state index contributed by atoms with van der Waals surface area (Å²) in [6.07, 6.45) is 3.64. The van der Waals surface area contributed by atoms with Crippen molar-refractivity contribution in [2.45, 2.75) is 19.3 Å². The molecule has 0 unspecified atom stereocenters. The fourth-order valence-corrected chi connectivity index (χ4v) is 2.56. The number of rotatable bonds is 5. The smallest absolute Gasteiger partial charge is 0.122 e. The van der Waals surface area contributed by atoms with E-state index in [0.717, 1.165) is 11.5 Å². The summed E-state index contributed by atoms with van der Waals surface area (Å²) in [5.74, 6) is 1.71. The molecule has 0 aromatic heterocycles. The highest BCUT2D eigenvalue weighted by Crippen LogP contribution is 2.26. The average Bonchev–Trinajstić information content (AvgIpc) is 2.91. The number of benzene rings is 2. The Bertz CT molecular complexity index is 595. The van der Waals surface area contributed by atoms with Crippen molar-refractivity contribution in [3.8, 4) is 11.5 Å². The molecule has 0 aliphatic heterocycles. The third-order valence-electron chi connectivity index (χ3n) is 3.55. The summed E-state index contributed by atoms with van der Waals surface area (Å²) in [5, 5.41) is 0. The molecule has 2 aromatic carbocycles. The highest BCUT2D eigenvalue weighted by molar-refractivity contribution is 5.43. The van der Waals surface area contributed by atoms with Gasteiger partial charge in [0.15, 0.2) is 0 Å². The first-order valence-electron chi connectivity index (χ1n) is 7.04. The maximum atomic E-state index is 5.73. The van der Waals surface area contributed by atoms with Crippen molar-refractivity contribution in [2.75, 3.05) is 18.9 Å². The summed E-state index contributed by atoms with van der Waals surface area (Å²) in [6, 6.07) is 13.8. The molecule has 0 saturated heterocycles. The fraction of sp³-hybridized carbons (Fsp3) is 0.294. The second kappa shape index (κ2) is 5.87. The van der Waals surface area contributed by atoms with E-state index in [1.54, 1.807) is 0 Å². The van der Waals surface area contributed by atoms with E-state index < -0.39 is 0 Å². The van der Waals surface area contributed by atoms with Crippen LogP contribution in [0, 0.1) is 0 Å². The third-order valence-corrected chi connectivity index (χ3v) is 3.55. The second-order valence-corrected chi connectivity index (χ2v) is 5.05. The Hall–Kier alpha value is -2.16. The third kappa shape index (κ3) is 3.05. The topological polar surface area (TPSA) is 44.5 Å². The number of hydrogen-bond acceptors (Lipinski definition) is 3. The van der Waals surface area contributed by atoms with Crippen molar-refractivity contribution in [1.82, 2.24) is 0 Å². The zero-order valence-corrected chi connectivity index (χ0v) is 11.5. The number of nitrogen functional groups attached to an aromatic ring is 1. The van der Waals surface area contributed by atoms with Crippen LogP contribution in [0.25, 0.3) is 0 Å². The molecule has 104 valence electrons. The lowest BCUT2D eigenvalue weighted by Gasteiger charge is -2.10. The van der Waals surface area contributed by atoms with Crippen LogP contribution in [-0.4, -0.2) is 13.2 Å². The molecule has 0 saturated carbocycles. The van der Waals surface area contributed by atoms with E-state index in [4.69, 9.17) is 15.2 Å². The van der Waals surface area contributed by atoms with Crippen molar-refractivity contribution >= 4 is 5.69 Å². The molecule has 3 rings (SSSR count). The van der Waals surface area contributed by atoms with Gasteiger partial charge in [0.25, 0.3) is 0 Å². The van der Waals surface area contributed by atoms with E-state index in [2.05, 4.69) is 12.1 Å². The van der Waals surface area contributed by atoms with Crippen LogP contribution < -0.4 is 15.2 Å². The Morgan fingerprint density at radius 1 is 0.850 bits per heavy atom. The highest BCUT2D eigenvalue weighted by Gasteiger charge is 2.10. The molecule has 2 aromatic rings. The maximum absolute atomic E-state index is 5.73. The van der Waals surface area contributed by atoms with Crippen LogP contribution in [0.1, 0.15) is 17.5 Å². The van der Waals surface area contributed by atoms with Gasteiger partial charge in [-0.2, -0.15) is 0 Å². The molecular formula is C17H19NO2. The van der Waals surface area contributed by atoms with E-state index in [9.17, 15) is 0 Å². The Morgan fingerprint density at radius 3 is 2.40 bits per heavy atom. The normalized spacial score (nSPS) is 13.0. The molecule has 3 nitrogen and oxygen atoms in total. The van der Waals surface area contributed by atoms with E-state index >= 15 is 0 Å². The standard InChI is InChI=1S/C17H19NO2/c18-15-5-2-6-16(12-15)19-9-10-20-17-8-7-13-3-1-4-14(13)11-17/h2,5-8,11-12H,1,3-4,9-10,18H2. The van der Waals surface area contributed by atoms with E-state index in [1.807, 2.05) is 30.3 Å². The molecule has 0 radical (unpaired) electrons. The Morgan fingerprint density at radius 2 is 1.60 bits per heavy atom. The van der Waals surface area contributed by atoms with Gasteiger partial charge < -0.3 is 15.2 Å². The van der Waals surface area contributed by atoms with Crippen molar-refractivity contribution in [2.24, 2.45) is 0 Å². The van der Waals surface area contributed by atoms with E-state index in [-0.39, 0.29) is 0 Å². The molecule has 1 aliphatic rings. The van der Waals surface area contributed by atoms with Gasteiger partial charge in [-0.1, -0.05) is 12.1 Å². The van der Waals surface area contributed by atoms with Gasteiger partial charge in [-0.3, -0.25) is 0 Å². The van der Waals surface area contributed by atoms with Crippen LogP contribution in [0.15, 0.2) is 42.5 Å². The maximum Gasteiger partial charge on any atom is 0.122 e. The minimum atomic E-state index is 0.514. The summed E-state index contributed by atoms with van der Waals surface area (Å²) in [5.41, 5.74) is 9.30. The van der Waals surface area contributed by atoms with Crippen molar-refractivity contribution < 1.29 is 9.47 Å². The monoisotopic (exact) mass is 269 g/mol. The predicted octanol–water partition coefficient (Wildman–Crippen LogP) is 3.22. The lowest BCUT2D eigenvalue weighted by Crippen LogP contribution is -2.09. The SMILES string of the molecule is Nc1cccc(OCCOc2ccc3c(c2)CCC3)c1. The Balaban J connectivity index is 1.48. The quantitative estimate of drug-likeness (QED) is 0.669. The molecule has 0 heterocycles. The lowest BCUT2D eigenvalue weighted by molar-refractivity contribution is 0.217. The van der Waals surface area contributed by atoms with Crippen LogP contribution in [0.3, 0.4) is 0 Å². The summed E-state index contributed by atoms with van der Waals surface area (Å²) in [7, 11) is 0. The van der Waals surface area contributed by atoms with Crippen LogP contribution >= 0.6 is 0 Å². The van der Waals surface area contributed by atoms with Gasteiger partial charge in [0.1, 0.15) is 24.7 Å². The predicted molar refractivity (Wildman–Crippen MR) is 80.3 cm³/mol. The van der Waals surface area contributed by atoms with Gasteiger partial charge in [-0.25, -0.2) is 0 Å². The molecule has 20 heavy (non-hydrogen) atoms. The Kier molecular flexibility index (Phi) is 3.77. The van der Waals surface area contributed by atoms with E-state index in [1.165, 1.54) is 30.4 Å².